The molecular weight excluding hydrogens is 385 g/mol. The van der Waals surface area contributed by atoms with Crippen LogP contribution in [0.5, 0.6) is 5.75 Å². The number of carbonyl (C=O) groups is 2. The van der Waals surface area contributed by atoms with Crippen molar-refractivity contribution in [2.75, 3.05) is 6.54 Å². The molecule has 1 fully saturated rings. The zero-order valence-electron chi connectivity index (χ0n) is 14.1. The lowest BCUT2D eigenvalue weighted by Crippen LogP contribution is -2.48. The highest BCUT2D eigenvalue weighted by Gasteiger charge is 2.29. The average molecular weight is 400 g/mol. The molecule has 0 saturated carbocycles. The van der Waals surface area contributed by atoms with Gasteiger partial charge in [-0.2, -0.15) is 13.2 Å². The Hall–Kier alpha value is -2.82. The summed E-state index contributed by atoms with van der Waals surface area (Å²) in [6.07, 6.45) is 1.45. The Morgan fingerprint density at radius 1 is 1.41 bits per heavy atom. The van der Waals surface area contributed by atoms with Crippen LogP contribution in [0, 0.1) is 0 Å². The van der Waals surface area contributed by atoms with Crippen LogP contribution in [0.1, 0.15) is 13.3 Å². The molecular formula is C16H15F3N4O3S. The summed E-state index contributed by atoms with van der Waals surface area (Å²) in [5, 5.41) is 2.17. The van der Waals surface area contributed by atoms with Crippen molar-refractivity contribution in [2.24, 2.45) is 9.98 Å². The predicted molar refractivity (Wildman–Crippen MR) is 94.6 cm³/mol. The fourth-order valence-corrected chi connectivity index (χ4v) is 2.65. The Kier molecular flexibility index (Phi) is 6.61. The standard InChI is InChI=1S/C16H15F3N4O3S/c1-10(23-7-6-13(24)22-15(23)25)9-21-14(20-2)26-11-4-3-5-12(8-11)27-16(17,18)19/h3-5,8-9H,2,6-7H2,1H3,(H,22,24,25)/b10-9+,21-14?. The molecule has 0 aromatic heterocycles. The molecule has 1 heterocycles. The number of carbonyl (C=O) groups excluding carboxylic acids is 2. The number of hydrogen-bond donors (Lipinski definition) is 1. The summed E-state index contributed by atoms with van der Waals surface area (Å²) in [5.41, 5.74) is -3.99. The molecule has 7 nitrogen and oxygen atoms in total. The molecule has 1 aliphatic rings. The van der Waals surface area contributed by atoms with Gasteiger partial charge in [-0.25, -0.2) is 14.8 Å². The van der Waals surface area contributed by atoms with Gasteiger partial charge in [0.2, 0.25) is 5.91 Å². The maximum absolute atomic E-state index is 12.4. The van der Waals surface area contributed by atoms with E-state index in [0.717, 1.165) is 0 Å². The molecule has 0 atom stereocenters. The van der Waals surface area contributed by atoms with E-state index < -0.39 is 11.5 Å². The lowest BCUT2D eigenvalue weighted by Gasteiger charge is -2.26. The van der Waals surface area contributed by atoms with Crippen molar-refractivity contribution >= 4 is 36.4 Å². The van der Waals surface area contributed by atoms with Crippen molar-refractivity contribution in [1.29, 1.82) is 0 Å². The van der Waals surface area contributed by atoms with E-state index in [2.05, 4.69) is 22.0 Å². The van der Waals surface area contributed by atoms with E-state index in [9.17, 15) is 22.8 Å². The van der Waals surface area contributed by atoms with Crippen molar-refractivity contribution in [3.63, 3.8) is 0 Å². The summed E-state index contributed by atoms with van der Waals surface area (Å²) >= 11 is -0.270. The molecule has 1 aromatic carbocycles. The maximum Gasteiger partial charge on any atom is 0.446 e. The summed E-state index contributed by atoms with van der Waals surface area (Å²) in [4.78, 5) is 31.7. The fraction of sp³-hybridized carbons (Fsp3) is 0.250. The largest absolute Gasteiger partial charge is 0.446 e. The number of urea groups is 1. The highest BCUT2D eigenvalue weighted by Crippen LogP contribution is 2.37. The number of benzene rings is 1. The van der Waals surface area contributed by atoms with Crippen LogP contribution < -0.4 is 10.1 Å². The number of hydrogen-bond acceptors (Lipinski definition) is 5. The Morgan fingerprint density at radius 3 is 2.78 bits per heavy atom. The topological polar surface area (TPSA) is 83.4 Å². The number of alkyl halides is 3. The van der Waals surface area contributed by atoms with Crippen LogP contribution in [0.25, 0.3) is 0 Å². The summed E-state index contributed by atoms with van der Waals surface area (Å²) in [6, 6.07) is 4.56. The molecule has 1 aromatic rings. The first-order valence-electron chi connectivity index (χ1n) is 7.54. The van der Waals surface area contributed by atoms with E-state index >= 15 is 0 Å². The van der Waals surface area contributed by atoms with Crippen molar-refractivity contribution in [2.45, 2.75) is 23.7 Å². The average Bonchev–Trinajstić information content (AvgIpc) is 2.57. The van der Waals surface area contributed by atoms with E-state index in [1.165, 1.54) is 35.4 Å². The fourth-order valence-electron chi connectivity index (χ4n) is 2.06. The lowest BCUT2D eigenvalue weighted by molar-refractivity contribution is -0.121. The lowest BCUT2D eigenvalue weighted by atomic mass is 10.3. The van der Waals surface area contributed by atoms with Gasteiger partial charge in [0.15, 0.2) is 0 Å². The van der Waals surface area contributed by atoms with Gasteiger partial charge in [-0.05, 0) is 43.6 Å². The van der Waals surface area contributed by atoms with Crippen LogP contribution in [0.4, 0.5) is 18.0 Å². The number of amides is 3. The van der Waals surface area contributed by atoms with Gasteiger partial charge in [0.1, 0.15) is 5.75 Å². The predicted octanol–water partition coefficient (Wildman–Crippen LogP) is 3.54. The molecule has 1 aliphatic heterocycles. The minimum absolute atomic E-state index is 0.0511. The van der Waals surface area contributed by atoms with E-state index in [0.29, 0.717) is 5.70 Å². The van der Waals surface area contributed by atoms with E-state index in [4.69, 9.17) is 4.74 Å². The minimum Gasteiger partial charge on any atom is -0.424 e. The Morgan fingerprint density at radius 2 is 2.15 bits per heavy atom. The molecule has 144 valence electrons. The number of aliphatic imine (C=N–C) groups is 2. The molecule has 27 heavy (non-hydrogen) atoms. The van der Waals surface area contributed by atoms with Crippen LogP contribution in [-0.2, 0) is 4.79 Å². The molecule has 0 bridgehead atoms. The number of allylic oxidation sites excluding steroid dienone is 1. The highest BCUT2D eigenvalue weighted by molar-refractivity contribution is 8.00. The van der Waals surface area contributed by atoms with E-state index in [1.54, 1.807) is 6.92 Å². The van der Waals surface area contributed by atoms with Gasteiger partial charge in [-0.1, -0.05) is 6.07 Å². The molecule has 0 aliphatic carbocycles. The summed E-state index contributed by atoms with van der Waals surface area (Å²) in [6.45, 7) is 5.10. The zero-order chi connectivity index (χ0) is 20.0. The number of nitrogens with zero attached hydrogens (tertiary/aromatic N) is 3. The number of imide groups is 1. The van der Waals surface area contributed by atoms with Gasteiger partial charge < -0.3 is 4.74 Å². The van der Waals surface area contributed by atoms with Gasteiger partial charge in [0.05, 0.1) is 6.20 Å². The van der Waals surface area contributed by atoms with Crippen molar-refractivity contribution in [1.82, 2.24) is 10.2 Å². The first-order valence-corrected chi connectivity index (χ1v) is 8.36. The Bertz CT molecular complexity index is 808. The van der Waals surface area contributed by atoms with Crippen LogP contribution in [0.15, 0.2) is 51.0 Å². The van der Waals surface area contributed by atoms with E-state index in [-0.39, 0.29) is 47.3 Å². The van der Waals surface area contributed by atoms with Crippen molar-refractivity contribution in [3.8, 4) is 5.75 Å². The molecule has 0 radical (unpaired) electrons. The molecule has 1 saturated heterocycles. The van der Waals surface area contributed by atoms with Crippen molar-refractivity contribution < 1.29 is 27.5 Å². The molecule has 3 amide bonds. The monoisotopic (exact) mass is 400 g/mol. The third-order valence-corrected chi connectivity index (χ3v) is 3.95. The zero-order valence-corrected chi connectivity index (χ0v) is 14.9. The van der Waals surface area contributed by atoms with Crippen LogP contribution >= 0.6 is 11.8 Å². The first-order chi connectivity index (χ1) is 12.7. The van der Waals surface area contributed by atoms with Crippen molar-refractivity contribution in [3.05, 3.63) is 36.2 Å². The Labute approximate surface area is 157 Å². The molecule has 0 spiro atoms. The van der Waals surface area contributed by atoms with Crippen LogP contribution in [0.2, 0.25) is 0 Å². The van der Waals surface area contributed by atoms with Crippen LogP contribution in [-0.4, -0.2) is 41.6 Å². The minimum atomic E-state index is -4.41. The number of rotatable bonds is 4. The summed E-state index contributed by atoms with van der Waals surface area (Å²) in [7, 11) is 0. The number of nitrogens with one attached hydrogen (secondary N) is 1. The maximum atomic E-state index is 12.4. The van der Waals surface area contributed by atoms with E-state index in [1.807, 2.05) is 0 Å². The number of thioether (sulfide) groups is 1. The normalized spacial score (nSPS) is 16.2. The molecule has 0 unspecified atom stereocenters. The highest BCUT2D eigenvalue weighted by atomic mass is 32.2. The quantitative estimate of drug-likeness (QED) is 0.476. The SMILES string of the molecule is C=NC(=N/C=C(\C)N1CCC(=O)NC1=O)Oc1cccc(SC(F)(F)F)c1. The van der Waals surface area contributed by atoms with Gasteiger partial charge >= 0.3 is 17.6 Å². The third kappa shape index (κ3) is 6.44. The first kappa shape index (κ1) is 20.5. The molecule has 1 N–H and O–H groups in total. The number of ether oxygens (including phenoxy) is 1. The summed E-state index contributed by atoms with van der Waals surface area (Å²) < 4.78 is 42.7. The molecule has 11 heteroatoms. The second-order valence-corrected chi connectivity index (χ2v) is 6.36. The Balaban J connectivity index is 2.10. The molecule has 2 rings (SSSR count). The van der Waals surface area contributed by atoms with Gasteiger partial charge in [-0.15, -0.1) is 0 Å². The second kappa shape index (κ2) is 8.71. The van der Waals surface area contributed by atoms with Gasteiger partial charge in [-0.3, -0.25) is 15.0 Å². The van der Waals surface area contributed by atoms with Gasteiger partial charge in [0, 0.05) is 23.6 Å². The number of amidine groups is 1. The third-order valence-electron chi connectivity index (χ3n) is 3.23. The van der Waals surface area contributed by atoms with Gasteiger partial charge in [0.25, 0.3) is 0 Å². The summed E-state index contributed by atoms with van der Waals surface area (Å²) in [5.74, 6) is -0.260. The van der Waals surface area contributed by atoms with Crippen LogP contribution in [0.3, 0.4) is 0 Å². The second-order valence-electron chi connectivity index (χ2n) is 5.22. The smallest absolute Gasteiger partial charge is 0.424 e. The number of halogens is 3.